The van der Waals surface area contributed by atoms with Crippen molar-refractivity contribution in [1.82, 2.24) is 9.88 Å². The number of thiazole rings is 1. The summed E-state index contributed by atoms with van der Waals surface area (Å²) in [7, 11) is 0. The van der Waals surface area contributed by atoms with Crippen LogP contribution in [0.25, 0.3) is 0 Å². The van der Waals surface area contributed by atoms with E-state index in [0.29, 0.717) is 11.3 Å². The standard InChI is InChI=1S/C13H6ClF3N2O2S/c14-12-18-9(13(15,16)17)8(22-12)5-19-10(20)6-3-1-2-4-7(6)11(19)21/h1-4H,5H2. The number of alkyl halides is 3. The third kappa shape index (κ3) is 2.38. The Bertz CT molecular complexity index is 753. The Kier molecular flexibility index (Phi) is 3.45. The molecule has 0 spiro atoms. The molecule has 2 aromatic rings. The Hall–Kier alpha value is -1.93. The largest absolute Gasteiger partial charge is 0.434 e. The van der Waals surface area contributed by atoms with Gasteiger partial charge in [0.1, 0.15) is 0 Å². The molecule has 2 amide bonds. The van der Waals surface area contributed by atoms with Crippen LogP contribution in [0, 0.1) is 0 Å². The van der Waals surface area contributed by atoms with Crippen LogP contribution in [0.1, 0.15) is 31.3 Å². The maximum Gasteiger partial charge on any atom is 0.434 e. The molecule has 0 fully saturated rings. The molecule has 0 saturated heterocycles. The fourth-order valence-corrected chi connectivity index (χ4v) is 3.33. The molecule has 4 nitrogen and oxygen atoms in total. The van der Waals surface area contributed by atoms with Crippen molar-refractivity contribution < 1.29 is 22.8 Å². The van der Waals surface area contributed by atoms with E-state index in [1.807, 2.05) is 0 Å². The van der Waals surface area contributed by atoms with Gasteiger partial charge in [0.05, 0.1) is 22.5 Å². The van der Waals surface area contributed by atoms with Gasteiger partial charge in [-0.25, -0.2) is 4.98 Å². The molecular weight excluding hydrogens is 341 g/mol. The van der Waals surface area contributed by atoms with Gasteiger partial charge in [-0.2, -0.15) is 13.2 Å². The number of aromatic nitrogens is 1. The maximum absolute atomic E-state index is 12.9. The number of carbonyl (C=O) groups is 2. The molecule has 0 saturated carbocycles. The van der Waals surface area contributed by atoms with Crippen LogP contribution in [0.4, 0.5) is 13.2 Å². The number of carbonyl (C=O) groups excluding carboxylic acids is 2. The number of benzene rings is 1. The summed E-state index contributed by atoms with van der Waals surface area (Å²) in [6, 6.07) is 6.08. The average Bonchev–Trinajstić information content (AvgIpc) is 2.93. The van der Waals surface area contributed by atoms with Crippen molar-refractivity contribution in [2.75, 3.05) is 0 Å². The zero-order valence-corrected chi connectivity index (χ0v) is 12.2. The van der Waals surface area contributed by atoms with Crippen LogP contribution in [0.3, 0.4) is 0 Å². The molecule has 1 aliphatic heterocycles. The SMILES string of the molecule is O=C1c2ccccc2C(=O)N1Cc1sc(Cl)nc1C(F)(F)F. The number of halogens is 4. The molecular formula is C13H6ClF3N2O2S. The molecule has 1 aliphatic rings. The van der Waals surface area contributed by atoms with Crippen LogP contribution < -0.4 is 0 Å². The second-order valence-corrected chi connectivity index (χ2v) is 6.14. The van der Waals surface area contributed by atoms with Gasteiger partial charge in [0.2, 0.25) is 0 Å². The summed E-state index contributed by atoms with van der Waals surface area (Å²) in [5.41, 5.74) is -0.813. The molecule has 1 aromatic heterocycles. The topological polar surface area (TPSA) is 50.3 Å². The lowest BCUT2D eigenvalue weighted by Crippen LogP contribution is -2.29. The summed E-state index contributed by atoms with van der Waals surface area (Å²) in [4.78, 5) is 28.0. The van der Waals surface area contributed by atoms with Crippen molar-refractivity contribution in [1.29, 1.82) is 0 Å². The number of fused-ring (bicyclic) bond motifs is 1. The Morgan fingerprint density at radius 3 is 2.18 bits per heavy atom. The monoisotopic (exact) mass is 346 g/mol. The summed E-state index contributed by atoms with van der Waals surface area (Å²) >= 11 is 6.14. The normalized spacial score (nSPS) is 14.6. The number of amides is 2. The Morgan fingerprint density at radius 2 is 1.68 bits per heavy atom. The van der Waals surface area contributed by atoms with Gasteiger partial charge >= 0.3 is 6.18 Å². The zero-order chi connectivity index (χ0) is 16.1. The molecule has 1 aromatic carbocycles. The zero-order valence-electron chi connectivity index (χ0n) is 10.6. The number of hydrogen-bond acceptors (Lipinski definition) is 4. The second kappa shape index (κ2) is 5.06. The highest BCUT2D eigenvalue weighted by molar-refractivity contribution is 7.15. The van der Waals surface area contributed by atoms with Gasteiger partial charge in [-0.1, -0.05) is 23.7 Å². The maximum atomic E-state index is 12.9. The summed E-state index contributed by atoms with van der Waals surface area (Å²) in [6.07, 6.45) is -4.70. The van der Waals surface area contributed by atoms with Gasteiger partial charge < -0.3 is 0 Å². The van der Waals surface area contributed by atoms with E-state index < -0.39 is 30.2 Å². The first-order chi connectivity index (χ1) is 10.3. The Balaban J connectivity index is 1.96. The minimum absolute atomic E-state index is 0.177. The number of nitrogens with zero attached hydrogens (tertiary/aromatic N) is 2. The van der Waals surface area contributed by atoms with E-state index >= 15 is 0 Å². The lowest BCUT2D eigenvalue weighted by atomic mass is 10.1. The first-order valence-corrected chi connectivity index (χ1v) is 7.16. The molecule has 0 bridgehead atoms. The van der Waals surface area contributed by atoms with Crippen LogP contribution in [0.15, 0.2) is 24.3 Å². The molecule has 0 aliphatic carbocycles. The quantitative estimate of drug-likeness (QED) is 0.780. The van der Waals surface area contributed by atoms with E-state index in [2.05, 4.69) is 4.98 Å². The van der Waals surface area contributed by atoms with Crippen molar-refractivity contribution in [2.45, 2.75) is 12.7 Å². The summed E-state index contributed by atoms with van der Waals surface area (Å²) < 4.78 is 38.4. The van der Waals surface area contributed by atoms with E-state index in [0.717, 1.165) is 4.90 Å². The fraction of sp³-hybridized carbons (Fsp3) is 0.154. The van der Waals surface area contributed by atoms with Crippen LogP contribution >= 0.6 is 22.9 Å². The summed E-state index contributed by atoms with van der Waals surface area (Å²) in [5, 5.41) is 0. The highest BCUT2D eigenvalue weighted by Crippen LogP contribution is 2.37. The molecule has 0 N–H and O–H groups in total. The first-order valence-electron chi connectivity index (χ1n) is 5.96. The van der Waals surface area contributed by atoms with Crippen LogP contribution in [-0.4, -0.2) is 21.7 Å². The van der Waals surface area contributed by atoms with Gasteiger partial charge in [0.15, 0.2) is 10.2 Å². The molecule has 22 heavy (non-hydrogen) atoms. The van der Waals surface area contributed by atoms with Crippen LogP contribution in [0.5, 0.6) is 0 Å². The minimum atomic E-state index is -4.70. The summed E-state index contributed by atoms with van der Waals surface area (Å²) in [6.45, 7) is -0.508. The lowest BCUT2D eigenvalue weighted by Gasteiger charge is -2.14. The van der Waals surface area contributed by atoms with E-state index in [1.54, 1.807) is 12.1 Å². The highest BCUT2D eigenvalue weighted by Gasteiger charge is 2.41. The minimum Gasteiger partial charge on any atom is -0.269 e. The van der Waals surface area contributed by atoms with E-state index in [-0.39, 0.29) is 20.5 Å². The van der Waals surface area contributed by atoms with Gasteiger partial charge in [-0.05, 0) is 12.1 Å². The Labute approximate surface area is 131 Å². The number of imide groups is 1. The van der Waals surface area contributed by atoms with E-state index in [1.165, 1.54) is 12.1 Å². The predicted molar refractivity (Wildman–Crippen MR) is 72.8 cm³/mol. The fourth-order valence-electron chi connectivity index (χ4n) is 2.18. The van der Waals surface area contributed by atoms with Gasteiger partial charge in [-0.3, -0.25) is 14.5 Å². The van der Waals surface area contributed by atoms with Gasteiger partial charge in [0, 0.05) is 0 Å². The van der Waals surface area contributed by atoms with Crippen molar-refractivity contribution in [3.05, 3.63) is 50.4 Å². The van der Waals surface area contributed by atoms with Gasteiger partial charge in [-0.15, -0.1) is 11.3 Å². The second-order valence-electron chi connectivity index (χ2n) is 4.48. The summed E-state index contributed by atoms with van der Waals surface area (Å²) in [5.74, 6) is -1.25. The van der Waals surface area contributed by atoms with Crippen molar-refractivity contribution >= 4 is 34.8 Å². The Morgan fingerprint density at radius 1 is 1.14 bits per heavy atom. The predicted octanol–water partition coefficient (Wildman–Crippen LogP) is 3.61. The first kappa shape index (κ1) is 15.0. The number of hydrogen-bond donors (Lipinski definition) is 0. The molecule has 0 radical (unpaired) electrons. The molecule has 0 unspecified atom stereocenters. The third-order valence-electron chi connectivity index (χ3n) is 3.12. The van der Waals surface area contributed by atoms with Crippen molar-refractivity contribution in [3.8, 4) is 0 Å². The molecule has 114 valence electrons. The van der Waals surface area contributed by atoms with Crippen LogP contribution in [0.2, 0.25) is 4.47 Å². The van der Waals surface area contributed by atoms with Gasteiger partial charge in [0.25, 0.3) is 11.8 Å². The molecule has 3 rings (SSSR count). The highest BCUT2D eigenvalue weighted by atomic mass is 35.5. The molecule has 2 heterocycles. The smallest absolute Gasteiger partial charge is 0.269 e. The van der Waals surface area contributed by atoms with Crippen molar-refractivity contribution in [2.24, 2.45) is 0 Å². The average molecular weight is 347 g/mol. The number of rotatable bonds is 2. The third-order valence-corrected chi connectivity index (χ3v) is 4.26. The van der Waals surface area contributed by atoms with Crippen molar-refractivity contribution in [3.63, 3.8) is 0 Å². The van der Waals surface area contributed by atoms with E-state index in [4.69, 9.17) is 11.6 Å². The molecule has 0 atom stereocenters. The van der Waals surface area contributed by atoms with Crippen LogP contribution in [-0.2, 0) is 12.7 Å². The van der Waals surface area contributed by atoms with E-state index in [9.17, 15) is 22.8 Å². The lowest BCUT2D eigenvalue weighted by molar-refractivity contribution is -0.141. The molecule has 9 heteroatoms.